The molecule has 8 nitrogen and oxygen atoms in total. The highest BCUT2D eigenvalue weighted by Gasteiger charge is 2.37. The van der Waals surface area contributed by atoms with Crippen LogP contribution < -0.4 is 4.90 Å². The van der Waals surface area contributed by atoms with Crippen LogP contribution in [0.4, 0.5) is 5.82 Å². The third-order valence-electron chi connectivity index (χ3n) is 6.52. The van der Waals surface area contributed by atoms with E-state index in [4.69, 9.17) is 9.84 Å². The van der Waals surface area contributed by atoms with Gasteiger partial charge in [-0.05, 0) is 32.0 Å². The van der Waals surface area contributed by atoms with Crippen LogP contribution in [0.1, 0.15) is 43.8 Å². The molecule has 1 aliphatic carbocycles. The Morgan fingerprint density at radius 3 is 2.70 bits per heavy atom. The Kier molecular flexibility index (Phi) is 4.29. The fourth-order valence-electron chi connectivity index (χ4n) is 4.31. The predicted octanol–water partition coefficient (Wildman–Crippen LogP) is 1.05. The van der Waals surface area contributed by atoms with E-state index in [1.54, 1.807) is 0 Å². The van der Waals surface area contributed by atoms with Crippen molar-refractivity contribution in [1.29, 1.82) is 0 Å². The van der Waals surface area contributed by atoms with Crippen molar-refractivity contribution in [2.24, 2.45) is 0 Å². The predicted molar refractivity (Wildman–Crippen MR) is 101 cm³/mol. The quantitative estimate of drug-likeness (QED) is 0.840. The second-order valence-corrected chi connectivity index (χ2v) is 8.46. The van der Waals surface area contributed by atoms with Gasteiger partial charge in [-0.15, -0.1) is 15.3 Å². The van der Waals surface area contributed by atoms with Crippen LogP contribution >= 0.6 is 0 Å². The monoisotopic (exact) mass is 372 g/mol. The molecule has 2 saturated heterocycles. The first-order chi connectivity index (χ1) is 13.1. The van der Waals surface area contributed by atoms with Gasteiger partial charge in [0.1, 0.15) is 5.82 Å². The molecule has 8 heteroatoms. The van der Waals surface area contributed by atoms with Gasteiger partial charge in [-0.25, -0.2) is 0 Å². The van der Waals surface area contributed by atoms with Crippen molar-refractivity contribution in [2.75, 3.05) is 44.8 Å². The van der Waals surface area contributed by atoms with Gasteiger partial charge in [-0.3, -0.25) is 4.90 Å². The van der Waals surface area contributed by atoms with Gasteiger partial charge in [-0.1, -0.05) is 6.42 Å². The number of hydrogen-bond donors (Lipinski definition) is 1. The Balaban J connectivity index is 1.23. The van der Waals surface area contributed by atoms with Crippen molar-refractivity contribution in [2.45, 2.75) is 49.7 Å². The molecule has 3 fully saturated rings. The third-order valence-corrected chi connectivity index (χ3v) is 6.52. The summed E-state index contributed by atoms with van der Waals surface area (Å²) in [7, 11) is 2.11. The van der Waals surface area contributed by atoms with Crippen LogP contribution in [0.5, 0.6) is 0 Å². The Labute approximate surface area is 159 Å². The van der Waals surface area contributed by atoms with Crippen LogP contribution in [0.2, 0.25) is 0 Å². The lowest BCUT2D eigenvalue weighted by molar-refractivity contribution is -0.0825. The number of nitrogens with zero attached hydrogens (tertiary/aromatic N) is 6. The van der Waals surface area contributed by atoms with Gasteiger partial charge >= 0.3 is 0 Å². The van der Waals surface area contributed by atoms with E-state index in [1.165, 1.54) is 19.3 Å². The Morgan fingerprint density at radius 1 is 1.22 bits per heavy atom. The van der Waals surface area contributed by atoms with Gasteiger partial charge in [0, 0.05) is 57.6 Å². The van der Waals surface area contributed by atoms with Gasteiger partial charge in [0.15, 0.2) is 11.5 Å². The van der Waals surface area contributed by atoms with Gasteiger partial charge in [0.05, 0.1) is 5.60 Å². The molecule has 4 heterocycles. The molecule has 2 aromatic heterocycles. The molecule has 0 aromatic carbocycles. The Bertz CT molecular complexity index is 808. The zero-order chi connectivity index (χ0) is 18.4. The largest absolute Gasteiger partial charge is 0.388 e. The first-order valence-electron chi connectivity index (χ1n) is 10.1. The number of aromatic nitrogens is 4. The average molecular weight is 372 g/mol. The molecular formula is C19H28N6O2. The van der Waals surface area contributed by atoms with E-state index in [1.807, 2.05) is 16.6 Å². The van der Waals surface area contributed by atoms with Gasteiger partial charge < -0.3 is 14.7 Å². The summed E-state index contributed by atoms with van der Waals surface area (Å²) in [6, 6.07) is 4.50. The summed E-state index contributed by atoms with van der Waals surface area (Å²) in [5.41, 5.74) is 0.224. The average Bonchev–Trinajstić information content (AvgIpc) is 2.95. The summed E-state index contributed by atoms with van der Waals surface area (Å²) in [6.07, 6.45) is 5.11. The van der Waals surface area contributed by atoms with E-state index >= 15 is 0 Å². The molecule has 3 aliphatic rings. The molecule has 0 radical (unpaired) electrons. The van der Waals surface area contributed by atoms with E-state index in [2.05, 4.69) is 27.0 Å². The normalized spacial score (nSPS) is 23.6. The minimum Gasteiger partial charge on any atom is -0.388 e. The van der Waals surface area contributed by atoms with E-state index in [9.17, 15) is 5.11 Å². The number of aliphatic hydroxyl groups is 1. The molecule has 0 unspecified atom stereocenters. The molecule has 1 saturated carbocycles. The van der Waals surface area contributed by atoms with Crippen molar-refractivity contribution in [1.82, 2.24) is 24.7 Å². The van der Waals surface area contributed by atoms with E-state index < -0.39 is 5.60 Å². The Morgan fingerprint density at radius 2 is 2.00 bits per heavy atom. The zero-order valence-corrected chi connectivity index (χ0v) is 15.9. The van der Waals surface area contributed by atoms with E-state index in [0.29, 0.717) is 31.7 Å². The van der Waals surface area contributed by atoms with Crippen LogP contribution in [0, 0.1) is 0 Å². The third kappa shape index (κ3) is 3.19. The van der Waals surface area contributed by atoms with Crippen molar-refractivity contribution < 1.29 is 9.84 Å². The standard InChI is InChI=1S/C19H28N6O2/c1-23(13-19(26)7-9-27-10-8-19)15-11-24(12-15)17-6-5-16-20-21-18(25(16)22-17)14-3-2-4-14/h5-6,14-15,26H,2-4,7-13H2,1H3. The second kappa shape index (κ2) is 6.68. The SMILES string of the molecule is CN(CC1(O)CCOCC1)C1CN(c2ccc3nnc(C4CCC4)n3n2)C1. The number of fused-ring (bicyclic) bond motifs is 1. The van der Waals surface area contributed by atoms with Crippen LogP contribution in [0.15, 0.2) is 12.1 Å². The summed E-state index contributed by atoms with van der Waals surface area (Å²) >= 11 is 0. The fourth-order valence-corrected chi connectivity index (χ4v) is 4.31. The molecule has 146 valence electrons. The summed E-state index contributed by atoms with van der Waals surface area (Å²) in [5.74, 6) is 2.50. The lowest BCUT2D eigenvalue weighted by Crippen LogP contribution is -2.61. The summed E-state index contributed by atoms with van der Waals surface area (Å²) < 4.78 is 7.31. The number of ether oxygens (including phenoxy) is 1. The molecular weight excluding hydrogens is 344 g/mol. The highest BCUT2D eigenvalue weighted by atomic mass is 16.5. The fraction of sp³-hybridized carbons (Fsp3) is 0.737. The lowest BCUT2D eigenvalue weighted by Gasteiger charge is -2.47. The maximum Gasteiger partial charge on any atom is 0.178 e. The lowest BCUT2D eigenvalue weighted by atomic mass is 9.85. The number of likely N-dealkylation sites (N-methyl/N-ethyl adjacent to an activating group) is 1. The van der Waals surface area contributed by atoms with Gasteiger partial charge in [0.2, 0.25) is 0 Å². The Hall–Kier alpha value is -1.77. The molecule has 27 heavy (non-hydrogen) atoms. The minimum absolute atomic E-state index is 0.446. The van der Waals surface area contributed by atoms with Crippen LogP contribution in [-0.4, -0.2) is 81.4 Å². The highest BCUT2D eigenvalue weighted by molar-refractivity contribution is 5.48. The molecule has 2 aromatic rings. The zero-order valence-electron chi connectivity index (χ0n) is 15.9. The molecule has 2 aliphatic heterocycles. The van der Waals surface area contributed by atoms with E-state index in [-0.39, 0.29) is 0 Å². The van der Waals surface area contributed by atoms with Crippen molar-refractivity contribution >= 4 is 11.5 Å². The maximum absolute atomic E-state index is 10.7. The molecule has 0 atom stereocenters. The number of anilines is 1. The minimum atomic E-state index is -0.606. The number of hydrogen-bond acceptors (Lipinski definition) is 7. The highest BCUT2D eigenvalue weighted by Crippen LogP contribution is 2.35. The molecule has 1 N–H and O–H groups in total. The van der Waals surface area contributed by atoms with Gasteiger partial charge in [0.25, 0.3) is 0 Å². The summed E-state index contributed by atoms with van der Waals surface area (Å²) in [6.45, 7) is 3.89. The molecule has 0 amide bonds. The number of rotatable bonds is 5. The van der Waals surface area contributed by atoms with Crippen LogP contribution in [-0.2, 0) is 4.74 Å². The first-order valence-corrected chi connectivity index (χ1v) is 10.1. The van der Waals surface area contributed by atoms with Crippen molar-refractivity contribution in [3.8, 4) is 0 Å². The summed E-state index contributed by atoms with van der Waals surface area (Å²) in [5, 5.41) is 24.2. The van der Waals surface area contributed by atoms with Gasteiger partial charge in [-0.2, -0.15) is 4.52 Å². The van der Waals surface area contributed by atoms with Crippen molar-refractivity contribution in [3.63, 3.8) is 0 Å². The van der Waals surface area contributed by atoms with Crippen LogP contribution in [0.3, 0.4) is 0 Å². The molecule has 0 bridgehead atoms. The smallest absolute Gasteiger partial charge is 0.178 e. The topological polar surface area (TPSA) is 79.0 Å². The first kappa shape index (κ1) is 17.3. The summed E-state index contributed by atoms with van der Waals surface area (Å²) in [4.78, 5) is 4.58. The van der Waals surface area contributed by atoms with E-state index in [0.717, 1.165) is 43.2 Å². The second-order valence-electron chi connectivity index (χ2n) is 8.46. The molecule has 5 rings (SSSR count). The molecule has 0 spiro atoms. The maximum atomic E-state index is 10.7. The van der Waals surface area contributed by atoms with Crippen molar-refractivity contribution in [3.05, 3.63) is 18.0 Å². The van der Waals surface area contributed by atoms with Crippen LogP contribution in [0.25, 0.3) is 5.65 Å².